The molecule has 0 aliphatic heterocycles. The molecule has 0 aliphatic carbocycles. The standard InChI is InChI=1S/C15H12ClF2NOS/c16-14-4-2-1-3-10(14)8-21-9-15(20)19-13-6-11(17)5-12(18)7-13/h1-7H,8-9H2,(H,19,20). The van der Waals surface area contributed by atoms with Gasteiger partial charge in [0.2, 0.25) is 5.91 Å². The summed E-state index contributed by atoms with van der Waals surface area (Å²) in [4.78, 5) is 11.7. The van der Waals surface area contributed by atoms with E-state index >= 15 is 0 Å². The van der Waals surface area contributed by atoms with E-state index in [1.807, 2.05) is 18.2 Å². The number of halogens is 3. The van der Waals surface area contributed by atoms with Crippen LogP contribution in [0.25, 0.3) is 0 Å². The molecule has 0 atom stereocenters. The summed E-state index contributed by atoms with van der Waals surface area (Å²) in [5.41, 5.74) is 1.05. The van der Waals surface area contributed by atoms with Crippen LogP contribution in [-0.4, -0.2) is 11.7 Å². The minimum Gasteiger partial charge on any atom is -0.325 e. The summed E-state index contributed by atoms with van der Waals surface area (Å²) >= 11 is 7.38. The van der Waals surface area contributed by atoms with E-state index in [1.165, 1.54) is 11.8 Å². The molecule has 0 aromatic heterocycles. The molecule has 0 saturated carbocycles. The Kier molecular flexibility index (Phi) is 5.59. The highest BCUT2D eigenvalue weighted by molar-refractivity contribution is 7.99. The van der Waals surface area contributed by atoms with Gasteiger partial charge >= 0.3 is 0 Å². The van der Waals surface area contributed by atoms with Crippen molar-refractivity contribution in [2.45, 2.75) is 5.75 Å². The largest absolute Gasteiger partial charge is 0.325 e. The number of benzene rings is 2. The summed E-state index contributed by atoms with van der Waals surface area (Å²) in [6.45, 7) is 0. The van der Waals surface area contributed by atoms with Crippen LogP contribution in [0.3, 0.4) is 0 Å². The van der Waals surface area contributed by atoms with E-state index in [0.717, 1.165) is 23.8 Å². The normalized spacial score (nSPS) is 10.4. The zero-order chi connectivity index (χ0) is 15.2. The van der Waals surface area contributed by atoms with Crippen molar-refractivity contribution in [3.05, 3.63) is 64.7 Å². The fraction of sp³-hybridized carbons (Fsp3) is 0.133. The summed E-state index contributed by atoms with van der Waals surface area (Å²) in [7, 11) is 0. The lowest BCUT2D eigenvalue weighted by Crippen LogP contribution is -2.14. The number of thioether (sulfide) groups is 1. The van der Waals surface area contributed by atoms with Crippen LogP contribution in [0.5, 0.6) is 0 Å². The van der Waals surface area contributed by atoms with E-state index in [9.17, 15) is 13.6 Å². The highest BCUT2D eigenvalue weighted by atomic mass is 35.5. The highest BCUT2D eigenvalue weighted by Crippen LogP contribution is 2.21. The molecule has 0 aliphatic rings. The molecular formula is C15H12ClF2NOS. The maximum absolute atomic E-state index is 13.0. The molecule has 2 aromatic carbocycles. The van der Waals surface area contributed by atoms with Gasteiger partial charge in [-0.1, -0.05) is 29.8 Å². The lowest BCUT2D eigenvalue weighted by Gasteiger charge is -2.06. The molecule has 0 spiro atoms. The molecule has 21 heavy (non-hydrogen) atoms. The summed E-state index contributed by atoms with van der Waals surface area (Å²) in [6.07, 6.45) is 0. The van der Waals surface area contributed by atoms with Gasteiger partial charge in [0, 0.05) is 22.5 Å². The van der Waals surface area contributed by atoms with Gasteiger partial charge in [-0.25, -0.2) is 8.78 Å². The van der Waals surface area contributed by atoms with Crippen LogP contribution >= 0.6 is 23.4 Å². The molecule has 0 bridgehead atoms. The van der Waals surface area contributed by atoms with Gasteiger partial charge < -0.3 is 5.32 Å². The fourth-order valence-corrected chi connectivity index (χ4v) is 2.81. The van der Waals surface area contributed by atoms with Gasteiger partial charge in [-0.15, -0.1) is 11.8 Å². The molecule has 0 heterocycles. The first kappa shape index (κ1) is 15.8. The molecule has 0 unspecified atom stereocenters. The third-order valence-corrected chi connectivity index (χ3v) is 3.95. The quantitative estimate of drug-likeness (QED) is 0.876. The highest BCUT2D eigenvalue weighted by Gasteiger charge is 2.06. The Bertz CT molecular complexity index is 631. The second-order valence-corrected chi connectivity index (χ2v) is 5.68. The van der Waals surface area contributed by atoms with Crippen LogP contribution in [-0.2, 0) is 10.5 Å². The molecule has 0 radical (unpaired) electrons. The van der Waals surface area contributed by atoms with Gasteiger partial charge in [0.1, 0.15) is 11.6 Å². The molecule has 1 N–H and O–H groups in total. The average molecular weight is 328 g/mol. The van der Waals surface area contributed by atoms with Crippen molar-refractivity contribution in [3.8, 4) is 0 Å². The monoisotopic (exact) mass is 327 g/mol. The average Bonchev–Trinajstić information content (AvgIpc) is 2.39. The van der Waals surface area contributed by atoms with E-state index < -0.39 is 11.6 Å². The Labute approximate surface area is 130 Å². The van der Waals surface area contributed by atoms with E-state index in [0.29, 0.717) is 10.8 Å². The smallest absolute Gasteiger partial charge is 0.234 e. The number of rotatable bonds is 5. The number of anilines is 1. The third-order valence-electron chi connectivity index (χ3n) is 2.59. The van der Waals surface area contributed by atoms with E-state index in [-0.39, 0.29) is 17.3 Å². The Balaban J connectivity index is 1.84. The molecule has 0 fully saturated rings. The van der Waals surface area contributed by atoms with Crippen molar-refractivity contribution in [2.24, 2.45) is 0 Å². The maximum atomic E-state index is 13.0. The van der Waals surface area contributed by atoms with Crippen molar-refractivity contribution in [1.29, 1.82) is 0 Å². The first-order valence-corrected chi connectivity index (χ1v) is 7.65. The van der Waals surface area contributed by atoms with Gasteiger partial charge in [-0.3, -0.25) is 4.79 Å². The Hall–Kier alpha value is -1.59. The van der Waals surface area contributed by atoms with Gasteiger partial charge in [0.15, 0.2) is 0 Å². The molecule has 1 amide bonds. The number of carbonyl (C=O) groups excluding carboxylic acids is 1. The van der Waals surface area contributed by atoms with Crippen LogP contribution in [0.1, 0.15) is 5.56 Å². The maximum Gasteiger partial charge on any atom is 0.234 e. The predicted molar refractivity (Wildman–Crippen MR) is 82.6 cm³/mol. The Morgan fingerprint density at radius 2 is 1.81 bits per heavy atom. The molecule has 2 nitrogen and oxygen atoms in total. The summed E-state index contributed by atoms with van der Waals surface area (Å²) in [5.74, 6) is -1.02. The minimum atomic E-state index is -0.728. The zero-order valence-corrected chi connectivity index (χ0v) is 12.5. The topological polar surface area (TPSA) is 29.1 Å². The van der Waals surface area contributed by atoms with Crippen LogP contribution in [0.4, 0.5) is 14.5 Å². The van der Waals surface area contributed by atoms with E-state index in [4.69, 9.17) is 11.6 Å². The summed E-state index contributed by atoms with van der Waals surface area (Å²) < 4.78 is 26.0. The van der Waals surface area contributed by atoms with Gasteiger partial charge in [-0.2, -0.15) is 0 Å². The SMILES string of the molecule is O=C(CSCc1ccccc1Cl)Nc1cc(F)cc(F)c1. The van der Waals surface area contributed by atoms with Crippen molar-refractivity contribution in [2.75, 3.05) is 11.1 Å². The number of hydrogen-bond acceptors (Lipinski definition) is 2. The van der Waals surface area contributed by atoms with Crippen molar-refractivity contribution >= 4 is 35.0 Å². The van der Waals surface area contributed by atoms with Crippen LogP contribution in [0.2, 0.25) is 5.02 Å². The molecule has 0 saturated heterocycles. The predicted octanol–water partition coefficient (Wildman–Crippen LogP) is 4.49. The lowest BCUT2D eigenvalue weighted by molar-refractivity contribution is -0.113. The molecule has 6 heteroatoms. The Morgan fingerprint density at radius 1 is 1.14 bits per heavy atom. The lowest BCUT2D eigenvalue weighted by atomic mass is 10.2. The molecule has 110 valence electrons. The van der Waals surface area contributed by atoms with Crippen LogP contribution in [0.15, 0.2) is 42.5 Å². The van der Waals surface area contributed by atoms with E-state index in [2.05, 4.69) is 5.32 Å². The molecule has 2 aromatic rings. The molecular weight excluding hydrogens is 316 g/mol. The van der Waals surface area contributed by atoms with Gasteiger partial charge in [0.05, 0.1) is 5.75 Å². The van der Waals surface area contributed by atoms with Crippen molar-refractivity contribution in [1.82, 2.24) is 0 Å². The van der Waals surface area contributed by atoms with Crippen LogP contribution in [0, 0.1) is 11.6 Å². The van der Waals surface area contributed by atoms with Gasteiger partial charge in [0.25, 0.3) is 0 Å². The van der Waals surface area contributed by atoms with E-state index in [1.54, 1.807) is 6.07 Å². The first-order chi connectivity index (χ1) is 10.0. The number of hydrogen-bond donors (Lipinski definition) is 1. The second kappa shape index (κ2) is 7.43. The number of amides is 1. The fourth-order valence-electron chi connectivity index (χ4n) is 1.69. The zero-order valence-electron chi connectivity index (χ0n) is 10.9. The number of nitrogens with one attached hydrogen (secondary N) is 1. The molecule has 2 rings (SSSR count). The Morgan fingerprint density at radius 3 is 2.48 bits per heavy atom. The number of carbonyl (C=O) groups is 1. The second-order valence-electron chi connectivity index (χ2n) is 4.29. The van der Waals surface area contributed by atoms with Gasteiger partial charge in [-0.05, 0) is 23.8 Å². The van der Waals surface area contributed by atoms with Crippen molar-refractivity contribution < 1.29 is 13.6 Å². The van der Waals surface area contributed by atoms with Crippen molar-refractivity contribution in [3.63, 3.8) is 0 Å². The summed E-state index contributed by atoms with van der Waals surface area (Å²) in [6, 6.07) is 10.3. The van der Waals surface area contributed by atoms with Crippen LogP contribution < -0.4 is 5.32 Å². The first-order valence-electron chi connectivity index (χ1n) is 6.11. The minimum absolute atomic E-state index is 0.107. The third kappa shape index (κ3) is 5.02. The summed E-state index contributed by atoms with van der Waals surface area (Å²) in [5, 5.41) is 3.10.